The van der Waals surface area contributed by atoms with Gasteiger partial charge >= 0.3 is 5.97 Å². The molecule has 0 radical (unpaired) electrons. The average Bonchev–Trinajstić information content (AvgIpc) is 2.61. The van der Waals surface area contributed by atoms with Crippen LogP contribution in [0.3, 0.4) is 0 Å². The molecule has 1 fully saturated rings. The zero-order chi connectivity index (χ0) is 18.4. The maximum Gasteiger partial charge on any atom is 0.309 e. The molecule has 0 aliphatic carbocycles. The fourth-order valence-corrected chi connectivity index (χ4v) is 6.51. The third-order valence-electron chi connectivity index (χ3n) is 4.33. The van der Waals surface area contributed by atoms with Crippen molar-refractivity contribution in [3.8, 4) is 0 Å². The molecule has 0 bridgehead atoms. The van der Waals surface area contributed by atoms with Crippen LogP contribution in [0.1, 0.15) is 18.9 Å². The summed E-state index contributed by atoms with van der Waals surface area (Å²) in [4.78, 5) is 14.8. The molecular weight excluding hydrogens is 661 g/mol. The van der Waals surface area contributed by atoms with Crippen LogP contribution in [0.2, 0.25) is 0 Å². The van der Waals surface area contributed by atoms with Gasteiger partial charge in [0.25, 0.3) is 0 Å². The van der Waals surface area contributed by atoms with E-state index in [2.05, 4.69) is 78.7 Å². The molecule has 1 unspecified atom stereocenters. The first-order valence-corrected chi connectivity index (χ1v) is 11.6. The molecule has 0 amide bonds. The van der Waals surface area contributed by atoms with Crippen LogP contribution < -0.4 is 5.73 Å². The molecule has 1 aromatic carbocycles. The Labute approximate surface area is 190 Å². The van der Waals surface area contributed by atoms with Gasteiger partial charge in [-0.1, -0.05) is 6.92 Å². The van der Waals surface area contributed by atoms with Crippen molar-refractivity contribution in [2.45, 2.75) is 19.8 Å². The van der Waals surface area contributed by atoms with Crippen molar-refractivity contribution in [3.05, 3.63) is 22.3 Å². The van der Waals surface area contributed by atoms with E-state index in [1.54, 1.807) is 0 Å². The van der Waals surface area contributed by atoms with Crippen LogP contribution >= 0.6 is 67.8 Å². The lowest BCUT2D eigenvalue weighted by molar-refractivity contribution is -0.149. The number of halogens is 3. The van der Waals surface area contributed by atoms with Gasteiger partial charge in [-0.3, -0.25) is 9.69 Å². The third kappa shape index (κ3) is 6.32. The molecule has 2 rings (SSSR count). The summed E-state index contributed by atoms with van der Waals surface area (Å²) in [5.74, 6) is -0.245. The predicted molar refractivity (Wildman–Crippen MR) is 125 cm³/mol. The van der Waals surface area contributed by atoms with Gasteiger partial charge in [-0.15, -0.1) is 0 Å². The molecule has 0 saturated carbocycles. The highest BCUT2D eigenvalue weighted by molar-refractivity contribution is 14.1. The summed E-state index contributed by atoms with van der Waals surface area (Å²) in [6.07, 6.45) is 1.43. The van der Waals surface area contributed by atoms with Crippen molar-refractivity contribution in [2.75, 3.05) is 45.2 Å². The summed E-state index contributed by atoms with van der Waals surface area (Å²) < 4.78 is 14.1. The molecule has 25 heavy (non-hydrogen) atoms. The van der Waals surface area contributed by atoms with Gasteiger partial charge in [0.05, 0.1) is 24.8 Å². The van der Waals surface area contributed by atoms with Crippen LogP contribution in [-0.4, -0.2) is 50.3 Å². The monoisotopic (exact) mass is 684 g/mol. The molecule has 1 atom stereocenters. The highest BCUT2D eigenvalue weighted by atomic mass is 127. The lowest BCUT2D eigenvalue weighted by Crippen LogP contribution is -2.38. The van der Waals surface area contributed by atoms with E-state index in [-0.39, 0.29) is 11.9 Å². The minimum absolute atomic E-state index is 0.112. The fraction of sp³-hybridized carbons (Fsp3) is 0.588. The Morgan fingerprint density at radius 2 is 2.00 bits per heavy atom. The normalized spacial score (nSPS) is 16.6. The molecule has 1 saturated heterocycles. The number of rotatable bonds is 7. The largest absolute Gasteiger partial charge is 0.464 e. The van der Waals surface area contributed by atoms with E-state index in [0.717, 1.165) is 61.2 Å². The summed E-state index contributed by atoms with van der Waals surface area (Å²) >= 11 is 6.85. The van der Waals surface area contributed by atoms with Crippen LogP contribution in [0.15, 0.2) is 6.07 Å². The summed E-state index contributed by atoms with van der Waals surface area (Å²) in [7, 11) is 0. The molecule has 1 aromatic rings. The molecule has 0 aromatic heterocycles. The Hall–Kier alpha value is 0.600. The Morgan fingerprint density at radius 1 is 1.32 bits per heavy atom. The van der Waals surface area contributed by atoms with Gasteiger partial charge in [0.2, 0.25) is 0 Å². The number of nitrogens with zero attached hydrogens (tertiary/aromatic N) is 1. The van der Waals surface area contributed by atoms with Crippen molar-refractivity contribution in [3.63, 3.8) is 0 Å². The van der Waals surface area contributed by atoms with Gasteiger partial charge in [-0.25, -0.2) is 0 Å². The summed E-state index contributed by atoms with van der Waals surface area (Å²) in [5.41, 5.74) is 8.10. The number of morpholine rings is 1. The van der Waals surface area contributed by atoms with E-state index in [0.29, 0.717) is 13.0 Å². The number of nitrogen functional groups attached to an aromatic ring is 1. The van der Waals surface area contributed by atoms with Crippen molar-refractivity contribution in [1.82, 2.24) is 4.90 Å². The molecule has 2 N–H and O–H groups in total. The second-order valence-electron chi connectivity index (χ2n) is 5.98. The summed E-state index contributed by atoms with van der Waals surface area (Å²) in [5, 5.41) is 0. The number of hydrogen-bond donors (Lipinski definition) is 1. The number of carbonyl (C=O) groups excluding carboxylic acids is 1. The first-order chi connectivity index (χ1) is 11.9. The lowest BCUT2D eigenvalue weighted by Gasteiger charge is -2.26. The molecule has 5 nitrogen and oxygen atoms in total. The van der Waals surface area contributed by atoms with Crippen molar-refractivity contribution in [1.29, 1.82) is 0 Å². The molecule has 0 spiro atoms. The van der Waals surface area contributed by atoms with Gasteiger partial charge in [-0.2, -0.15) is 0 Å². The summed E-state index contributed by atoms with van der Waals surface area (Å²) in [6, 6.07) is 2.07. The van der Waals surface area contributed by atoms with Gasteiger partial charge in [0.15, 0.2) is 0 Å². The van der Waals surface area contributed by atoms with Crippen LogP contribution in [0, 0.1) is 16.6 Å². The van der Waals surface area contributed by atoms with Crippen LogP contribution in [-0.2, 0) is 20.7 Å². The number of benzene rings is 1. The molecule has 8 heteroatoms. The number of carbonyl (C=O) groups is 1. The minimum Gasteiger partial charge on any atom is -0.464 e. The highest BCUT2D eigenvalue weighted by Gasteiger charge is 2.23. The molecule has 140 valence electrons. The predicted octanol–water partition coefficient (Wildman–Crippen LogP) is 3.53. The maximum absolute atomic E-state index is 12.5. The Balaban J connectivity index is 1.93. The van der Waals surface area contributed by atoms with Gasteiger partial charge in [-0.05, 0) is 92.2 Å². The van der Waals surface area contributed by atoms with Crippen LogP contribution in [0.4, 0.5) is 5.69 Å². The third-order valence-corrected chi connectivity index (χ3v) is 7.42. The zero-order valence-corrected chi connectivity index (χ0v) is 20.7. The van der Waals surface area contributed by atoms with Crippen molar-refractivity contribution in [2.24, 2.45) is 5.92 Å². The number of ether oxygens (including phenoxy) is 2. The van der Waals surface area contributed by atoms with E-state index in [9.17, 15) is 4.79 Å². The highest BCUT2D eigenvalue weighted by Crippen LogP contribution is 2.31. The van der Waals surface area contributed by atoms with Gasteiger partial charge in [0.1, 0.15) is 6.61 Å². The molecule has 1 aliphatic rings. The smallest absolute Gasteiger partial charge is 0.309 e. The SMILES string of the molecule is CCC(Cc1c(I)cc(I)c(N)c1I)C(=O)OCCN1CCOCC1. The Kier molecular flexibility index (Phi) is 9.47. The Bertz CT molecular complexity index is 607. The van der Waals surface area contributed by atoms with E-state index >= 15 is 0 Å². The standard InChI is InChI=1S/C17H23I3N2O3/c1-2-11(9-12-13(18)10-14(19)16(21)15(12)20)17(23)25-8-5-22-3-6-24-7-4-22/h10-11H,2-9,21H2,1H3. The number of anilines is 1. The average molecular weight is 684 g/mol. The second-order valence-corrected chi connectivity index (χ2v) is 9.38. The fourth-order valence-electron chi connectivity index (χ4n) is 2.69. The maximum atomic E-state index is 12.5. The van der Waals surface area contributed by atoms with Crippen LogP contribution in [0.25, 0.3) is 0 Å². The first-order valence-electron chi connectivity index (χ1n) is 8.32. The summed E-state index contributed by atoms with van der Waals surface area (Å²) in [6.45, 7) is 6.59. The minimum atomic E-state index is -0.133. The molecular formula is C17H23I3N2O3. The zero-order valence-electron chi connectivity index (χ0n) is 14.2. The first kappa shape index (κ1) is 21.9. The number of esters is 1. The lowest BCUT2D eigenvalue weighted by atomic mass is 9.97. The van der Waals surface area contributed by atoms with E-state index in [1.165, 1.54) is 0 Å². The van der Waals surface area contributed by atoms with E-state index in [4.69, 9.17) is 15.2 Å². The number of hydrogen-bond acceptors (Lipinski definition) is 5. The van der Waals surface area contributed by atoms with E-state index in [1.807, 2.05) is 6.92 Å². The Morgan fingerprint density at radius 3 is 2.64 bits per heavy atom. The molecule has 1 heterocycles. The van der Waals surface area contributed by atoms with Crippen LogP contribution in [0.5, 0.6) is 0 Å². The quantitative estimate of drug-likeness (QED) is 0.271. The van der Waals surface area contributed by atoms with Gasteiger partial charge < -0.3 is 15.2 Å². The van der Waals surface area contributed by atoms with Crippen molar-refractivity contribution >= 4 is 79.4 Å². The topological polar surface area (TPSA) is 64.8 Å². The number of nitrogens with two attached hydrogens (primary N) is 1. The van der Waals surface area contributed by atoms with E-state index < -0.39 is 0 Å². The second kappa shape index (κ2) is 10.8. The molecule has 1 aliphatic heterocycles. The van der Waals surface area contributed by atoms with Gasteiger partial charge in [0, 0.05) is 30.3 Å². The van der Waals surface area contributed by atoms with Crippen molar-refractivity contribution < 1.29 is 14.3 Å².